The average molecular weight is 440 g/mol. The lowest BCUT2D eigenvalue weighted by Gasteiger charge is -2.09. The third-order valence-electron chi connectivity index (χ3n) is 4.40. The van der Waals surface area contributed by atoms with Gasteiger partial charge in [-0.2, -0.15) is 0 Å². The summed E-state index contributed by atoms with van der Waals surface area (Å²) in [5.74, 6) is -0.0595. The van der Waals surface area contributed by atoms with E-state index in [0.717, 1.165) is 0 Å². The van der Waals surface area contributed by atoms with Gasteiger partial charge >= 0.3 is 11.1 Å². The van der Waals surface area contributed by atoms with Crippen LogP contribution in [-0.2, 0) is 16.6 Å². The maximum atomic E-state index is 12.6. The van der Waals surface area contributed by atoms with Crippen LogP contribution in [-0.4, -0.2) is 24.3 Å². The van der Waals surface area contributed by atoms with E-state index in [-0.39, 0.29) is 28.2 Å². The monoisotopic (exact) mass is 440 g/mol. The highest BCUT2D eigenvalue weighted by molar-refractivity contribution is 7.89. The summed E-state index contributed by atoms with van der Waals surface area (Å²) >= 11 is 0. The Morgan fingerprint density at radius 1 is 0.935 bits per heavy atom. The average Bonchev–Trinajstić information content (AvgIpc) is 3.27. The number of rotatable bonds is 6. The number of aromatic amines is 2. The molecule has 31 heavy (non-hydrogen) atoms. The van der Waals surface area contributed by atoms with Gasteiger partial charge in [-0.15, -0.1) is 0 Å². The molecule has 10 nitrogen and oxygen atoms in total. The van der Waals surface area contributed by atoms with Crippen molar-refractivity contribution in [2.24, 2.45) is 0 Å². The first-order valence-corrected chi connectivity index (χ1v) is 10.5. The zero-order valence-corrected chi connectivity index (χ0v) is 16.7. The molecule has 0 radical (unpaired) electrons. The van der Waals surface area contributed by atoms with Gasteiger partial charge in [-0.25, -0.2) is 13.1 Å². The van der Waals surface area contributed by atoms with Crippen LogP contribution in [0.3, 0.4) is 0 Å². The van der Waals surface area contributed by atoms with Crippen LogP contribution < -0.4 is 21.2 Å². The molecule has 0 fully saturated rings. The fraction of sp³-hybridized carbons (Fsp3) is 0.0500. The van der Waals surface area contributed by atoms with E-state index in [4.69, 9.17) is 4.42 Å². The van der Waals surface area contributed by atoms with Crippen LogP contribution in [0, 0.1) is 0 Å². The second-order valence-electron chi connectivity index (χ2n) is 6.55. The Bertz CT molecular complexity index is 1490. The lowest BCUT2D eigenvalue weighted by Crippen LogP contribution is -2.29. The van der Waals surface area contributed by atoms with Crippen LogP contribution in [0.1, 0.15) is 16.1 Å². The summed E-state index contributed by atoms with van der Waals surface area (Å²) in [4.78, 5) is 40.3. The van der Waals surface area contributed by atoms with E-state index < -0.39 is 27.0 Å². The van der Waals surface area contributed by atoms with Gasteiger partial charge in [0.05, 0.1) is 28.7 Å². The molecule has 0 saturated heterocycles. The van der Waals surface area contributed by atoms with Crippen LogP contribution >= 0.6 is 0 Å². The molecule has 4 N–H and O–H groups in total. The van der Waals surface area contributed by atoms with Gasteiger partial charge in [0.25, 0.3) is 5.91 Å². The summed E-state index contributed by atoms with van der Waals surface area (Å²) in [5.41, 5.74) is -0.485. The smallest absolute Gasteiger partial charge is 0.314 e. The first-order valence-electron chi connectivity index (χ1n) is 9.02. The Labute approximate surface area is 175 Å². The molecular weight excluding hydrogens is 424 g/mol. The van der Waals surface area contributed by atoms with E-state index in [1.165, 1.54) is 42.7 Å². The number of fused-ring (bicyclic) bond motifs is 1. The molecule has 0 atom stereocenters. The number of anilines is 1. The number of hydrogen-bond acceptors (Lipinski definition) is 6. The number of carbonyl (C=O) groups excluding carboxylic acids is 1. The number of sulfonamides is 1. The van der Waals surface area contributed by atoms with Crippen LogP contribution in [0.4, 0.5) is 5.69 Å². The summed E-state index contributed by atoms with van der Waals surface area (Å²) in [7, 11) is -3.83. The quantitative estimate of drug-likeness (QED) is 0.334. The predicted octanol–water partition coefficient (Wildman–Crippen LogP) is 1.54. The van der Waals surface area contributed by atoms with Gasteiger partial charge in [-0.1, -0.05) is 6.07 Å². The predicted molar refractivity (Wildman–Crippen MR) is 112 cm³/mol. The first-order chi connectivity index (χ1) is 14.8. The highest BCUT2D eigenvalue weighted by Crippen LogP contribution is 2.18. The molecule has 11 heteroatoms. The van der Waals surface area contributed by atoms with Crippen molar-refractivity contribution in [2.45, 2.75) is 11.4 Å². The molecule has 0 aliphatic heterocycles. The van der Waals surface area contributed by atoms with Crippen LogP contribution in [0.15, 0.2) is 79.8 Å². The normalized spacial score (nSPS) is 11.5. The van der Waals surface area contributed by atoms with Gasteiger partial charge < -0.3 is 19.7 Å². The van der Waals surface area contributed by atoms with E-state index in [2.05, 4.69) is 20.0 Å². The van der Waals surface area contributed by atoms with Gasteiger partial charge in [-0.3, -0.25) is 14.4 Å². The molecule has 2 aromatic carbocycles. The summed E-state index contributed by atoms with van der Waals surface area (Å²) in [6, 6.07) is 13.4. The van der Waals surface area contributed by atoms with Crippen LogP contribution in [0.5, 0.6) is 0 Å². The van der Waals surface area contributed by atoms with Gasteiger partial charge in [0.1, 0.15) is 5.76 Å². The van der Waals surface area contributed by atoms with Crippen LogP contribution in [0.25, 0.3) is 11.0 Å². The van der Waals surface area contributed by atoms with E-state index >= 15 is 0 Å². The molecule has 0 saturated carbocycles. The minimum absolute atomic E-state index is 0.0106. The SMILES string of the molecule is O=C(Nc1cccc(S(=O)(=O)NCc2ccco2)c1)c1ccc2[nH]c(=O)c(=O)[nH]c2c1. The number of carbonyl (C=O) groups is 1. The molecule has 158 valence electrons. The Kier molecular flexibility index (Phi) is 5.28. The molecular formula is C20H16N4O6S. The summed E-state index contributed by atoms with van der Waals surface area (Å²) < 4.78 is 32.6. The number of H-pyrrole nitrogens is 2. The van der Waals surface area contributed by atoms with E-state index in [1.807, 2.05) is 0 Å². The fourth-order valence-electron chi connectivity index (χ4n) is 2.86. The minimum atomic E-state index is -3.83. The Hall–Kier alpha value is -3.96. The highest BCUT2D eigenvalue weighted by atomic mass is 32.2. The summed E-state index contributed by atoms with van der Waals surface area (Å²) in [5, 5.41) is 2.62. The second-order valence-corrected chi connectivity index (χ2v) is 8.32. The second kappa shape index (κ2) is 8.05. The Morgan fingerprint density at radius 3 is 2.45 bits per heavy atom. The Morgan fingerprint density at radius 2 is 1.71 bits per heavy atom. The molecule has 4 rings (SSSR count). The lowest BCUT2D eigenvalue weighted by molar-refractivity contribution is 0.102. The third kappa shape index (κ3) is 4.47. The third-order valence-corrected chi connectivity index (χ3v) is 5.80. The zero-order chi connectivity index (χ0) is 22.0. The number of furan rings is 1. The fourth-order valence-corrected chi connectivity index (χ4v) is 3.90. The number of hydrogen-bond donors (Lipinski definition) is 4. The van der Waals surface area contributed by atoms with Crippen molar-refractivity contribution in [3.05, 3.63) is 92.9 Å². The zero-order valence-electron chi connectivity index (χ0n) is 15.8. The topological polar surface area (TPSA) is 154 Å². The van der Waals surface area contributed by atoms with Gasteiger partial charge in [0.2, 0.25) is 10.0 Å². The summed E-state index contributed by atoms with van der Waals surface area (Å²) in [6.45, 7) is -0.0106. The molecule has 4 aromatic rings. The standard InChI is InChI=1S/C20H16N4O6S/c25-18(12-6-7-16-17(9-12)24-20(27)19(26)23-16)22-13-3-1-5-15(10-13)31(28,29)21-11-14-4-2-8-30-14/h1-10,21H,11H2,(H,22,25)(H,23,26)(H,24,27). The van der Waals surface area contributed by atoms with Gasteiger partial charge in [0, 0.05) is 11.3 Å². The van der Waals surface area contributed by atoms with E-state index in [1.54, 1.807) is 18.2 Å². The minimum Gasteiger partial charge on any atom is -0.468 e. The highest BCUT2D eigenvalue weighted by Gasteiger charge is 2.16. The van der Waals surface area contributed by atoms with E-state index in [0.29, 0.717) is 11.3 Å². The van der Waals surface area contributed by atoms with Crippen molar-refractivity contribution in [3.8, 4) is 0 Å². The van der Waals surface area contributed by atoms with Crippen molar-refractivity contribution in [1.82, 2.24) is 14.7 Å². The first kappa shape index (κ1) is 20.3. The summed E-state index contributed by atoms with van der Waals surface area (Å²) in [6.07, 6.45) is 1.44. The van der Waals surface area contributed by atoms with Crippen molar-refractivity contribution >= 4 is 32.7 Å². The molecule has 0 bridgehead atoms. The molecule has 0 aliphatic rings. The molecule has 0 aliphatic carbocycles. The van der Waals surface area contributed by atoms with Gasteiger partial charge in [0.15, 0.2) is 0 Å². The number of nitrogens with one attached hydrogen (secondary N) is 4. The lowest BCUT2D eigenvalue weighted by atomic mass is 10.1. The largest absolute Gasteiger partial charge is 0.468 e. The molecule has 2 heterocycles. The number of benzene rings is 2. The molecule has 0 unspecified atom stereocenters. The van der Waals surface area contributed by atoms with Crippen molar-refractivity contribution in [2.75, 3.05) is 5.32 Å². The van der Waals surface area contributed by atoms with E-state index in [9.17, 15) is 22.8 Å². The molecule has 0 spiro atoms. The van der Waals surface area contributed by atoms with Gasteiger partial charge in [-0.05, 0) is 48.5 Å². The van der Waals surface area contributed by atoms with Crippen molar-refractivity contribution in [1.29, 1.82) is 0 Å². The maximum Gasteiger partial charge on any atom is 0.314 e. The van der Waals surface area contributed by atoms with Crippen molar-refractivity contribution < 1.29 is 17.6 Å². The number of amides is 1. The number of aromatic nitrogens is 2. The molecule has 1 amide bonds. The van der Waals surface area contributed by atoms with Crippen LogP contribution in [0.2, 0.25) is 0 Å². The molecule has 2 aromatic heterocycles. The Balaban J connectivity index is 1.53. The maximum absolute atomic E-state index is 12.6. The van der Waals surface area contributed by atoms with Crippen molar-refractivity contribution in [3.63, 3.8) is 0 Å².